The fourth-order valence-corrected chi connectivity index (χ4v) is 3.41. The monoisotopic (exact) mass is 421 g/mol. The lowest BCUT2D eigenvalue weighted by Gasteiger charge is -2.22. The van der Waals surface area contributed by atoms with Gasteiger partial charge in [-0.25, -0.2) is 4.39 Å². The van der Waals surface area contributed by atoms with Gasteiger partial charge in [0.25, 0.3) is 0 Å². The number of primary amides is 1. The van der Waals surface area contributed by atoms with Crippen molar-refractivity contribution < 1.29 is 18.8 Å². The second kappa shape index (κ2) is 9.84. The molecular formula is C24H24FN3O3. The number of amides is 3. The second-order valence-electron chi connectivity index (χ2n) is 7.43. The minimum Gasteiger partial charge on any atom is -0.368 e. The first-order valence-electron chi connectivity index (χ1n) is 9.91. The topological polar surface area (TPSA) is 101 Å². The Balaban J connectivity index is 1.74. The highest BCUT2D eigenvalue weighted by Gasteiger charge is 2.25. The molecule has 0 unspecified atom stereocenters. The Bertz CT molecular complexity index is 1100. The molecule has 0 aliphatic rings. The van der Waals surface area contributed by atoms with E-state index >= 15 is 0 Å². The maximum atomic E-state index is 13.2. The third-order valence-corrected chi connectivity index (χ3v) is 4.96. The zero-order valence-electron chi connectivity index (χ0n) is 17.1. The highest BCUT2D eigenvalue weighted by atomic mass is 19.1. The van der Waals surface area contributed by atoms with Crippen LogP contribution >= 0.6 is 0 Å². The number of carbonyl (C=O) groups is 3. The molecule has 3 aromatic carbocycles. The summed E-state index contributed by atoms with van der Waals surface area (Å²) in [5.41, 5.74) is 7.05. The van der Waals surface area contributed by atoms with E-state index in [2.05, 4.69) is 10.6 Å². The number of rotatable bonds is 8. The van der Waals surface area contributed by atoms with Crippen LogP contribution in [-0.4, -0.2) is 29.8 Å². The first kappa shape index (κ1) is 22.0. The number of fused-ring (bicyclic) bond motifs is 1. The molecule has 0 saturated heterocycles. The zero-order chi connectivity index (χ0) is 22.4. The smallest absolute Gasteiger partial charge is 0.243 e. The molecule has 3 amide bonds. The molecule has 160 valence electrons. The van der Waals surface area contributed by atoms with Crippen LogP contribution in [0.5, 0.6) is 0 Å². The molecule has 3 rings (SSSR count). The third kappa shape index (κ3) is 6.12. The maximum Gasteiger partial charge on any atom is 0.243 e. The van der Waals surface area contributed by atoms with Crippen molar-refractivity contribution in [2.45, 2.75) is 31.8 Å². The Morgan fingerprint density at radius 1 is 0.839 bits per heavy atom. The number of carbonyl (C=O) groups excluding carboxylic acids is 3. The predicted octanol–water partition coefficient (Wildman–Crippen LogP) is 2.24. The summed E-state index contributed by atoms with van der Waals surface area (Å²) in [5.74, 6) is -2.00. The van der Waals surface area contributed by atoms with E-state index in [-0.39, 0.29) is 12.8 Å². The van der Waals surface area contributed by atoms with Gasteiger partial charge >= 0.3 is 0 Å². The normalized spacial score (nSPS) is 12.7. The summed E-state index contributed by atoms with van der Waals surface area (Å²) >= 11 is 0. The van der Waals surface area contributed by atoms with Crippen molar-refractivity contribution in [1.82, 2.24) is 10.6 Å². The molecule has 4 N–H and O–H groups in total. The van der Waals surface area contributed by atoms with Crippen LogP contribution in [0.3, 0.4) is 0 Å². The molecule has 0 bridgehead atoms. The largest absolute Gasteiger partial charge is 0.368 e. The minimum atomic E-state index is -0.946. The lowest BCUT2D eigenvalue weighted by atomic mass is 10.00. The average molecular weight is 421 g/mol. The van der Waals surface area contributed by atoms with Crippen LogP contribution in [0.1, 0.15) is 18.1 Å². The lowest BCUT2D eigenvalue weighted by molar-refractivity contribution is -0.130. The fourth-order valence-electron chi connectivity index (χ4n) is 3.41. The maximum absolute atomic E-state index is 13.2. The molecule has 0 radical (unpaired) electrons. The molecule has 31 heavy (non-hydrogen) atoms. The molecule has 2 atom stereocenters. The molecule has 0 aliphatic heterocycles. The molecule has 0 saturated carbocycles. The van der Waals surface area contributed by atoms with Crippen LogP contribution in [0.15, 0.2) is 66.7 Å². The van der Waals surface area contributed by atoms with Crippen molar-refractivity contribution >= 4 is 28.5 Å². The van der Waals surface area contributed by atoms with Gasteiger partial charge in [-0.1, -0.05) is 54.6 Å². The number of benzene rings is 3. The highest BCUT2D eigenvalue weighted by molar-refractivity contribution is 5.91. The summed E-state index contributed by atoms with van der Waals surface area (Å²) in [6.07, 6.45) is 0.363. The van der Waals surface area contributed by atoms with E-state index in [1.165, 1.54) is 31.2 Å². The Labute approximate surface area is 179 Å². The van der Waals surface area contributed by atoms with E-state index in [0.717, 1.165) is 16.3 Å². The van der Waals surface area contributed by atoms with Crippen molar-refractivity contribution in [2.24, 2.45) is 5.73 Å². The van der Waals surface area contributed by atoms with Crippen LogP contribution in [0, 0.1) is 5.82 Å². The standard InChI is InChI=1S/C24H24FN3O3/c1-15(29)27-22(13-16-7-10-20(25)11-8-16)24(31)28-21(23(26)30)14-17-6-9-18-4-2-3-5-19(18)12-17/h2-12,21-22H,13-14H2,1H3,(H2,26,30)(H,27,29)(H,28,31)/t21-,22+/m0/s1. The van der Waals surface area contributed by atoms with E-state index in [1.54, 1.807) is 0 Å². The van der Waals surface area contributed by atoms with Crippen molar-refractivity contribution in [2.75, 3.05) is 0 Å². The van der Waals surface area contributed by atoms with Crippen molar-refractivity contribution in [3.8, 4) is 0 Å². The van der Waals surface area contributed by atoms with Gasteiger partial charge in [0.1, 0.15) is 17.9 Å². The molecular weight excluding hydrogens is 397 g/mol. The number of nitrogens with one attached hydrogen (secondary N) is 2. The Morgan fingerprint density at radius 2 is 1.45 bits per heavy atom. The predicted molar refractivity (Wildman–Crippen MR) is 116 cm³/mol. The number of nitrogens with two attached hydrogens (primary N) is 1. The number of hydrogen-bond donors (Lipinski definition) is 3. The van der Waals surface area contributed by atoms with Gasteiger partial charge in [0.15, 0.2) is 0 Å². The molecule has 3 aromatic rings. The van der Waals surface area contributed by atoms with Gasteiger partial charge in [0, 0.05) is 19.8 Å². The molecule has 0 heterocycles. The Kier molecular flexibility index (Phi) is 6.97. The van der Waals surface area contributed by atoms with Crippen molar-refractivity contribution in [3.05, 3.63) is 83.7 Å². The van der Waals surface area contributed by atoms with E-state index in [9.17, 15) is 18.8 Å². The van der Waals surface area contributed by atoms with E-state index in [1.807, 2.05) is 42.5 Å². The van der Waals surface area contributed by atoms with E-state index < -0.39 is 35.6 Å². The first-order valence-corrected chi connectivity index (χ1v) is 9.91. The summed E-state index contributed by atoms with van der Waals surface area (Å²) in [6.45, 7) is 1.30. The Morgan fingerprint density at radius 3 is 2.10 bits per heavy atom. The molecule has 6 nitrogen and oxygen atoms in total. The lowest BCUT2D eigenvalue weighted by Crippen LogP contribution is -2.54. The fraction of sp³-hybridized carbons (Fsp3) is 0.208. The molecule has 0 fully saturated rings. The van der Waals surface area contributed by atoms with Crippen LogP contribution in [0.2, 0.25) is 0 Å². The van der Waals surface area contributed by atoms with Crippen LogP contribution < -0.4 is 16.4 Å². The van der Waals surface area contributed by atoms with Gasteiger partial charge < -0.3 is 16.4 Å². The summed E-state index contributed by atoms with van der Waals surface area (Å²) < 4.78 is 13.2. The van der Waals surface area contributed by atoms with Gasteiger partial charge in [-0.2, -0.15) is 0 Å². The quantitative estimate of drug-likeness (QED) is 0.520. The first-order chi connectivity index (χ1) is 14.8. The van der Waals surface area contributed by atoms with Crippen LogP contribution in [-0.2, 0) is 27.2 Å². The molecule has 0 spiro atoms. The average Bonchev–Trinajstić information content (AvgIpc) is 2.73. The minimum absolute atomic E-state index is 0.146. The third-order valence-electron chi connectivity index (χ3n) is 4.96. The van der Waals surface area contributed by atoms with Gasteiger partial charge in [-0.15, -0.1) is 0 Å². The molecule has 0 aliphatic carbocycles. The van der Waals surface area contributed by atoms with Crippen LogP contribution in [0.4, 0.5) is 4.39 Å². The summed E-state index contributed by atoms with van der Waals surface area (Å²) in [4.78, 5) is 36.5. The summed E-state index contributed by atoms with van der Waals surface area (Å²) in [5, 5.41) is 7.31. The van der Waals surface area contributed by atoms with Gasteiger partial charge in [0.2, 0.25) is 17.7 Å². The second-order valence-corrected chi connectivity index (χ2v) is 7.43. The zero-order valence-corrected chi connectivity index (χ0v) is 17.1. The summed E-state index contributed by atoms with van der Waals surface area (Å²) in [7, 11) is 0. The van der Waals surface area contributed by atoms with E-state index in [0.29, 0.717) is 5.56 Å². The van der Waals surface area contributed by atoms with Crippen molar-refractivity contribution in [1.29, 1.82) is 0 Å². The van der Waals surface area contributed by atoms with Gasteiger partial charge in [-0.3, -0.25) is 14.4 Å². The highest BCUT2D eigenvalue weighted by Crippen LogP contribution is 2.17. The number of halogens is 1. The van der Waals surface area contributed by atoms with Crippen LogP contribution in [0.25, 0.3) is 10.8 Å². The Hall–Kier alpha value is -3.74. The number of hydrogen-bond acceptors (Lipinski definition) is 3. The SMILES string of the molecule is CC(=O)N[C@H](Cc1ccc(F)cc1)C(=O)N[C@@H](Cc1ccc2ccccc2c1)C(N)=O. The van der Waals surface area contributed by atoms with Crippen molar-refractivity contribution in [3.63, 3.8) is 0 Å². The molecule has 0 aromatic heterocycles. The van der Waals surface area contributed by atoms with E-state index in [4.69, 9.17) is 5.73 Å². The summed E-state index contributed by atoms with van der Waals surface area (Å²) in [6, 6.07) is 17.4. The molecule has 7 heteroatoms. The van der Waals surface area contributed by atoms with Gasteiger partial charge in [-0.05, 0) is 34.0 Å². The van der Waals surface area contributed by atoms with Gasteiger partial charge in [0.05, 0.1) is 0 Å².